The number of hydrogen-bond donors (Lipinski definition) is 2. The van der Waals surface area contributed by atoms with Gasteiger partial charge in [0.25, 0.3) is 5.56 Å². The molecule has 0 saturated carbocycles. The fourth-order valence-corrected chi connectivity index (χ4v) is 2.87. The Bertz CT molecular complexity index is 1090. The van der Waals surface area contributed by atoms with E-state index >= 15 is 0 Å². The highest BCUT2D eigenvalue weighted by molar-refractivity contribution is 6.29. The highest BCUT2D eigenvalue weighted by Crippen LogP contribution is 2.27. The first kappa shape index (κ1) is 18.8. The van der Waals surface area contributed by atoms with Crippen molar-refractivity contribution in [2.75, 3.05) is 12.4 Å². The normalized spacial score (nSPS) is 12.0. The van der Waals surface area contributed by atoms with Gasteiger partial charge in [-0.2, -0.15) is 0 Å². The summed E-state index contributed by atoms with van der Waals surface area (Å²) < 4.78 is 27.2. The molecule has 0 spiro atoms. The third kappa shape index (κ3) is 3.75. The lowest BCUT2D eigenvalue weighted by molar-refractivity contribution is 0.208. The van der Waals surface area contributed by atoms with E-state index in [9.17, 15) is 18.4 Å². The van der Waals surface area contributed by atoms with Crippen LogP contribution < -0.4 is 10.9 Å². The third-order valence-electron chi connectivity index (χ3n) is 4.30. The minimum atomic E-state index is -1.11. The number of benzene rings is 1. The molecule has 0 fully saturated rings. The number of rotatable bonds is 3. The Kier molecular flexibility index (Phi) is 5.09. The molecule has 9 heteroatoms. The number of nitrogens with zero attached hydrogens (tertiary/aromatic N) is 2. The van der Waals surface area contributed by atoms with Gasteiger partial charge < -0.3 is 15.2 Å². The number of hydrogen-bond acceptors (Lipinski definition) is 3. The van der Waals surface area contributed by atoms with Crippen LogP contribution in [0.1, 0.15) is 18.5 Å². The first-order chi connectivity index (χ1) is 12.8. The first-order valence-electron chi connectivity index (χ1n) is 7.93. The lowest BCUT2D eigenvalue weighted by Crippen LogP contribution is -2.34. The van der Waals surface area contributed by atoms with Gasteiger partial charge in [-0.3, -0.25) is 4.79 Å². The number of anilines is 1. The molecule has 1 atom stereocenters. The number of nitrogens with one attached hydrogen (secondary N) is 2. The maximum atomic E-state index is 13.7. The fraction of sp³-hybridized carbons (Fsp3) is 0.167. The second-order valence-electron chi connectivity index (χ2n) is 5.97. The molecular weight excluding hydrogens is 378 g/mol. The molecule has 2 aromatic heterocycles. The van der Waals surface area contributed by atoms with Crippen molar-refractivity contribution in [1.29, 1.82) is 0 Å². The van der Waals surface area contributed by atoms with Crippen molar-refractivity contribution >= 4 is 34.1 Å². The van der Waals surface area contributed by atoms with Gasteiger partial charge in [0.2, 0.25) is 0 Å². The predicted octanol–water partition coefficient (Wildman–Crippen LogP) is 4.08. The van der Waals surface area contributed by atoms with Gasteiger partial charge in [0.1, 0.15) is 5.15 Å². The summed E-state index contributed by atoms with van der Waals surface area (Å²) in [7, 11) is 1.54. The van der Waals surface area contributed by atoms with Crippen molar-refractivity contribution < 1.29 is 13.6 Å². The standard InChI is InChI=1S/C18H15ClF2N4O2/c1-9(25(2)18(27)24-10-3-4-22-16(19)5-10)13-8-23-17(26)12-7-15(21)14(20)6-11(12)13/h3-9H,1-2H3,(H,23,26)(H,22,24,27)/t9-/m0/s1. The van der Waals surface area contributed by atoms with Gasteiger partial charge >= 0.3 is 6.03 Å². The second kappa shape index (κ2) is 7.32. The molecule has 0 bridgehead atoms. The number of aromatic nitrogens is 2. The first-order valence-corrected chi connectivity index (χ1v) is 8.31. The zero-order valence-corrected chi connectivity index (χ0v) is 15.1. The van der Waals surface area contributed by atoms with E-state index < -0.39 is 29.3 Å². The lowest BCUT2D eigenvalue weighted by Gasteiger charge is -2.26. The number of amides is 2. The minimum absolute atomic E-state index is 0.00738. The maximum Gasteiger partial charge on any atom is 0.322 e. The van der Waals surface area contributed by atoms with Crippen LogP contribution in [-0.2, 0) is 0 Å². The van der Waals surface area contributed by atoms with E-state index in [2.05, 4.69) is 15.3 Å². The van der Waals surface area contributed by atoms with Gasteiger partial charge in [0.15, 0.2) is 11.6 Å². The monoisotopic (exact) mass is 392 g/mol. The summed E-state index contributed by atoms with van der Waals surface area (Å²) in [5.74, 6) is -2.18. The van der Waals surface area contributed by atoms with E-state index in [0.29, 0.717) is 11.3 Å². The molecule has 2 amide bonds. The Hall–Kier alpha value is -3.00. The van der Waals surface area contributed by atoms with Gasteiger partial charge in [-0.15, -0.1) is 0 Å². The number of carbonyl (C=O) groups excluding carboxylic acids is 1. The maximum absolute atomic E-state index is 13.7. The molecule has 3 aromatic rings. The Morgan fingerprint density at radius 1 is 1.26 bits per heavy atom. The van der Waals surface area contributed by atoms with E-state index in [4.69, 9.17) is 11.6 Å². The SMILES string of the molecule is C[C@@H](c1c[nH]c(=O)c2cc(F)c(F)cc12)N(C)C(=O)Nc1ccnc(Cl)c1. The van der Waals surface area contributed by atoms with Crippen LogP contribution in [0.5, 0.6) is 0 Å². The lowest BCUT2D eigenvalue weighted by atomic mass is 10.0. The molecule has 0 aliphatic carbocycles. The molecule has 0 aliphatic rings. The van der Waals surface area contributed by atoms with Crippen molar-refractivity contribution in [2.24, 2.45) is 0 Å². The molecule has 1 aromatic carbocycles. The number of halogens is 3. The number of aromatic amines is 1. The largest absolute Gasteiger partial charge is 0.328 e. The Labute approximate surface area is 157 Å². The number of pyridine rings is 2. The van der Waals surface area contributed by atoms with E-state index in [1.165, 1.54) is 23.4 Å². The van der Waals surface area contributed by atoms with Crippen molar-refractivity contribution in [2.45, 2.75) is 13.0 Å². The summed E-state index contributed by atoms with van der Waals surface area (Å²) in [6.45, 7) is 1.70. The Balaban J connectivity index is 1.94. The van der Waals surface area contributed by atoms with E-state index in [1.807, 2.05) is 0 Å². The van der Waals surface area contributed by atoms with Crippen molar-refractivity contribution in [3.05, 3.63) is 69.4 Å². The summed E-state index contributed by atoms with van der Waals surface area (Å²) in [5, 5.41) is 3.14. The molecule has 0 saturated heterocycles. The third-order valence-corrected chi connectivity index (χ3v) is 4.51. The van der Waals surface area contributed by atoms with Crippen LogP contribution in [0.2, 0.25) is 5.15 Å². The molecule has 2 N–H and O–H groups in total. The quantitative estimate of drug-likeness (QED) is 0.659. The number of urea groups is 1. The van der Waals surface area contributed by atoms with Crippen LogP contribution in [0, 0.1) is 11.6 Å². The zero-order chi connectivity index (χ0) is 19.7. The summed E-state index contributed by atoms with van der Waals surface area (Å²) in [6, 6.07) is 3.87. The fourth-order valence-electron chi connectivity index (χ4n) is 2.69. The van der Waals surface area contributed by atoms with Crippen LogP contribution in [0.25, 0.3) is 10.8 Å². The summed E-state index contributed by atoms with van der Waals surface area (Å²) in [6.07, 6.45) is 2.84. The van der Waals surface area contributed by atoms with Gasteiger partial charge in [-0.25, -0.2) is 18.6 Å². The average molecular weight is 393 g/mol. The average Bonchev–Trinajstić information content (AvgIpc) is 2.62. The van der Waals surface area contributed by atoms with Gasteiger partial charge in [-0.1, -0.05) is 11.6 Å². The van der Waals surface area contributed by atoms with Gasteiger partial charge in [0, 0.05) is 25.1 Å². The van der Waals surface area contributed by atoms with Crippen molar-refractivity contribution in [3.63, 3.8) is 0 Å². The van der Waals surface area contributed by atoms with Gasteiger partial charge in [-0.05, 0) is 42.1 Å². The van der Waals surface area contributed by atoms with Crippen molar-refractivity contribution in [3.8, 4) is 0 Å². The molecule has 27 heavy (non-hydrogen) atoms. The van der Waals surface area contributed by atoms with E-state index in [-0.39, 0.29) is 15.9 Å². The molecule has 6 nitrogen and oxygen atoms in total. The van der Waals surface area contributed by atoms with Crippen molar-refractivity contribution in [1.82, 2.24) is 14.9 Å². The van der Waals surface area contributed by atoms with Crippen LogP contribution in [0.3, 0.4) is 0 Å². The van der Waals surface area contributed by atoms with Crippen LogP contribution in [0.4, 0.5) is 19.3 Å². The number of fused-ring (bicyclic) bond motifs is 1. The summed E-state index contributed by atoms with van der Waals surface area (Å²) in [5.41, 5.74) is 0.380. The van der Waals surface area contributed by atoms with Crippen LogP contribution >= 0.6 is 11.6 Å². The Morgan fingerprint density at radius 2 is 1.93 bits per heavy atom. The molecule has 0 radical (unpaired) electrons. The Morgan fingerprint density at radius 3 is 2.59 bits per heavy atom. The number of H-pyrrole nitrogens is 1. The van der Waals surface area contributed by atoms with E-state index in [1.54, 1.807) is 20.0 Å². The number of carbonyl (C=O) groups is 1. The summed E-state index contributed by atoms with van der Waals surface area (Å²) in [4.78, 5) is 32.1. The molecule has 3 rings (SSSR count). The molecular formula is C18H15ClF2N4O2. The molecule has 0 aliphatic heterocycles. The smallest absolute Gasteiger partial charge is 0.322 e. The summed E-state index contributed by atoms with van der Waals surface area (Å²) >= 11 is 5.80. The highest BCUT2D eigenvalue weighted by atomic mass is 35.5. The molecule has 0 unspecified atom stereocenters. The minimum Gasteiger partial charge on any atom is -0.328 e. The molecule has 2 heterocycles. The van der Waals surface area contributed by atoms with E-state index in [0.717, 1.165) is 12.1 Å². The highest BCUT2D eigenvalue weighted by Gasteiger charge is 2.21. The van der Waals surface area contributed by atoms with Crippen LogP contribution in [-0.4, -0.2) is 27.9 Å². The topological polar surface area (TPSA) is 78.1 Å². The molecule has 140 valence electrons. The second-order valence-corrected chi connectivity index (χ2v) is 6.36. The van der Waals surface area contributed by atoms with Gasteiger partial charge in [0.05, 0.1) is 11.4 Å². The predicted molar refractivity (Wildman–Crippen MR) is 98.9 cm³/mol. The van der Waals surface area contributed by atoms with Crippen LogP contribution in [0.15, 0.2) is 41.5 Å². The zero-order valence-electron chi connectivity index (χ0n) is 14.4.